The van der Waals surface area contributed by atoms with Crippen LogP contribution < -0.4 is 10.6 Å². The van der Waals surface area contributed by atoms with Crippen LogP contribution in [0.1, 0.15) is 52.4 Å². The first kappa shape index (κ1) is 22.6. The Hall–Kier alpha value is -2.12. The van der Waals surface area contributed by atoms with Crippen LogP contribution in [0, 0.1) is 29.1 Å². The van der Waals surface area contributed by atoms with Crippen LogP contribution in [-0.4, -0.2) is 61.9 Å². The predicted octanol–water partition coefficient (Wildman–Crippen LogP) is 1.09. The molecule has 4 saturated carbocycles. The Morgan fingerprint density at radius 2 is 1.53 bits per heavy atom. The molecule has 0 aromatic carbocycles. The van der Waals surface area contributed by atoms with Gasteiger partial charge in [-0.2, -0.15) is 0 Å². The van der Waals surface area contributed by atoms with Crippen LogP contribution in [0.5, 0.6) is 0 Å². The number of nitrogens with zero attached hydrogens (tertiary/aromatic N) is 1. The molecule has 4 aliphatic rings. The summed E-state index contributed by atoms with van der Waals surface area (Å²) in [5, 5.41) is 5.38. The van der Waals surface area contributed by atoms with Crippen LogP contribution in [0.4, 0.5) is 0 Å². The van der Waals surface area contributed by atoms with Crippen LogP contribution in [0.25, 0.3) is 0 Å². The highest BCUT2D eigenvalue weighted by Crippen LogP contribution is 2.60. The van der Waals surface area contributed by atoms with Crippen LogP contribution in [0.15, 0.2) is 0 Å². The van der Waals surface area contributed by atoms with Crippen molar-refractivity contribution in [3.8, 4) is 0 Å². The van der Waals surface area contributed by atoms with E-state index in [-0.39, 0.29) is 29.7 Å². The summed E-state index contributed by atoms with van der Waals surface area (Å²) in [6.07, 6.45) is 6.50. The van der Waals surface area contributed by atoms with Crippen LogP contribution in [-0.2, 0) is 23.9 Å². The second-order valence-electron chi connectivity index (χ2n) is 10.1. The summed E-state index contributed by atoms with van der Waals surface area (Å²) in [5.74, 6) is 0.315. The van der Waals surface area contributed by atoms with Crippen molar-refractivity contribution < 1.29 is 23.9 Å². The maximum atomic E-state index is 13.3. The zero-order valence-electron chi connectivity index (χ0n) is 18.5. The number of rotatable bonds is 8. The molecule has 0 aliphatic heterocycles. The topological polar surface area (TPSA) is 105 Å². The van der Waals surface area contributed by atoms with Crippen molar-refractivity contribution in [2.45, 2.75) is 58.4 Å². The summed E-state index contributed by atoms with van der Waals surface area (Å²) in [4.78, 5) is 50.6. The molecule has 4 rings (SSSR count). The molecule has 8 nitrogen and oxygen atoms in total. The molecular formula is C22H35N3O5. The van der Waals surface area contributed by atoms with Gasteiger partial charge in [-0.25, -0.2) is 4.79 Å². The summed E-state index contributed by atoms with van der Waals surface area (Å²) in [6.45, 7) is 3.07. The van der Waals surface area contributed by atoms with Gasteiger partial charge in [-0.05, 0) is 62.2 Å². The van der Waals surface area contributed by atoms with Gasteiger partial charge in [-0.3, -0.25) is 14.4 Å². The van der Waals surface area contributed by atoms with Gasteiger partial charge in [0.25, 0.3) is 5.91 Å². The third-order valence-electron chi connectivity index (χ3n) is 7.01. The van der Waals surface area contributed by atoms with Gasteiger partial charge in [0.15, 0.2) is 6.61 Å². The summed E-state index contributed by atoms with van der Waals surface area (Å²) >= 11 is 0. The molecular weight excluding hydrogens is 386 g/mol. The Balaban J connectivity index is 1.53. The molecule has 0 unspecified atom stereocenters. The summed E-state index contributed by atoms with van der Waals surface area (Å²) in [6, 6.07) is -0.790. The van der Waals surface area contributed by atoms with Crippen molar-refractivity contribution in [1.82, 2.24) is 15.5 Å². The normalized spacial score (nSPS) is 30.0. The third kappa shape index (κ3) is 4.95. The number of amides is 3. The van der Waals surface area contributed by atoms with Gasteiger partial charge in [0, 0.05) is 19.5 Å². The lowest BCUT2D eigenvalue weighted by atomic mass is 9.49. The number of ether oxygens (including phenoxy) is 1. The predicted molar refractivity (Wildman–Crippen MR) is 110 cm³/mol. The first-order chi connectivity index (χ1) is 14.1. The minimum atomic E-state index is -0.790. The molecule has 3 amide bonds. The van der Waals surface area contributed by atoms with Crippen molar-refractivity contribution in [3.05, 3.63) is 0 Å². The molecule has 8 heteroatoms. The Bertz CT molecular complexity index is 668. The molecule has 0 spiro atoms. The van der Waals surface area contributed by atoms with E-state index < -0.39 is 24.5 Å². The molecule has 0 radical (unpaired) electrons. The zero-order chi connectivity index (χ0) is 22.1. The Kier molecular flexibility index (Phi) is 6.72. The number of nitrogens with one attached hydrogen (secondary N) is 2. The lowest BCUT2D eigenvalue weighted by Gasteiger charge is -2.55. The highest BCUT2D eigenvalue weighted by atomic mass is 16.5. The SMILES string of the molecule is CC(C)[C@H](NC(=O)C12CC3CC(CC(C3)C1)C2)C(=O)OCC(=O)NCC(=O)N(C)C. The van der Waals surface area contributed by atoms with Gasteiger partial charge in [-0.15, -0.1) is 0 Å². The molecule has 30 heavy (non-hydrogen) atoms. The van der Waals surface area contributed by atoms with Gasteiger partial charge in [0.2, 0.25) is 11.8 Å². The lowest BCUT2D eigenvalue weighted by molar-refractivity contribution is -0.157. The van der Waals surface area contributed by atoms with Gasteiger partial charge >= 0.3 is 5.97 Å². The molecule has 0 aromatic heterocycles. The van der Waals surface area contributed by atoms with Crippen molar-refractivity contribution >= 4 is 23.7 Å². The molecule has 4 aliphatic carbocycles. The third-order valence-corrected chi connectivity index (χ3v) is 7.01. The molecule has 0 heterocycles. The number of likely N-dealkylation sites (N-methyl/N-ethyl adjacent to an activating group) is 1. The minimum Gasteiger partial charge on any atom is -0.454 e. The highest BCUT2D eigenvalue weighted by Gasteiger charge is 2.55. The van der Waals surface area contributed by atoms with E-state index in [2.05, 4.69) is 10.6 Å². The standard InChI is InChI=1S/C22H35N3O5/c1-13(2)19(20(28)30-12-17(26)23-11-18(27)25(3)4)24-21(29)22-8-14-5-15(9-22)7-16(6-14)10-22/h13-16,19H,5-12H2,1-4H3,(H,23,26)(H,24,29)/t14?,15?,16?,19-,22?/m0/s1. The second-order valence-corrected chi connectivity index (χ2v) is 10.1. The van der Waals surface area contributed by atoms with E-state index in [1.807, 2.05) is 13.8 Å². The van der Waals surface area contributed by atoms with E-state index in [0.29, 0.717) is 17.8 Å². The first-order valence-electron chi connectivity index (χ1n) is 11.0. The van der Waals surface area contributed by atoms with Gasteiger partial charge in [0.1, 0.15) is 6.04 Å². The van der Waals surface area contributed by atoms with E-state index in [1.165, 1.54) is 24.2 Å². The van der Waals surface area contributed by atoms with Gasteiger partial charge in [-0.1, -0.05) is 13.8 Å². The van der Waals surface area contributed by atoms with Crippen LogP contribution in [0.3, 0.4) is 0 Å². The number of carbonyl (C=O) groups is 4. The fourth-order valence-corrected chi connectivity index (χ4v) is 5.79. The van der Waals surface area contributed by atoms with Crippen molar-refractivity contribution in [2.75, 3.05) is 27.2 Å². The molecule has 0 saturated heterocycles. The molecule has 168 valence electrons. The van der Waals surface area contributed by atoms with Gasteiger partial charge in [0.05, 0.1) is 6.54 Å². The number of esters is 1. The average Bonchev–Trinajstić information content (AvgIpc) is 2.66. The fourth-order valence-electron chi connectivity index (χ4n) is 5.79. The van der Waals surface area contributed by atoms with Crippen LogP contribution in [0.2, 0.25) is 0 Å². The fraction of sp³-hybridized carbons (Fsp3) is 0.818. The minimum absolute atomic E-state index is 0.0294. The quantitative estimate of drug-likeness (QED) is 0.571. The van der Waals surface area contributed by atoms with E-state index >= 15 is 0 Å². The highest BCUT2D eigenvalue weighted by molar-refractivity contribution is 5.90. The monoisotopic (exact) mass is 421 g/mol. The number of carbonyl (C=O) groups excluding carboxylic acids is 4. The Morgan fingerprint density at radius 1 is 1.00 bits per heavy atom. The van der Waals surface area contributed by atoms with Crippen molar-refractivity contribution in [2.24, 2.45) is 29.1 Å². The van der Waals surface area contributed by atoms with Gasteiger partial charge < -0.3 is 20.3 Å². The first-order valence-corrected chi connectivity index (χ1v) is 11.0. The van der Waals surface area contributed by atoms with E-state index in [4.69, 9.17) is 4.74 Å². The van der Waals surface area contributed by atoms with Crippen molar-refractivity contribution in [1.29, 1.82) is 0 Å². The van der Waals surface area contributed by atoms with E-state index in [0.717, 1.165) is 19.3 Å². The smallest absolute Gasteiger partial charge is 0.329 e. The van der Waals surface area contributed by atoms with Crippen molar-refractivity contribution in [3.63, 3.8) is 0 Å². The molecule has 1 atom stereocenters. The van der Waals surface area contributed by atoms with E-state index in [1.54, 1.807) is 14.1 Å². The largest absolute Gasteiger partial charge is 0.454 e. The molecule has 4 fully saturated rings. The summed E-state index contributed by atoms with van der Waals surface area (Å²) < 4.78 is 5.15. The van der Waals surface area contributed by atoms with E-state index in [9.17, 15) is 19.2 Å². The Morgan fingerprint density at radius 3 is 2.00 bits per heavy atom. The molecule has 0 aromatic rings. The summed E-state index contributed by atoms with van der Waals surface area (Å²) in [5.41, 5.74) is -0.341. The number of hydrogen-bond donors (Lipinski definition) is 2. The lowest BCUT2D eigenvalue weighted by Crippen LogP contribution is -2.57. The maximum Gasteiger partial charge on any atom is 0.329 e. The number of hydrogen-bond acceptors (Lipinski definition) is 5. The Labute approximate surface area is 178 Å². The second kappa shape index (κ2) is 8.94. The molecule has 2 N–H and O–H groups in total. The average molecular weight is 422 g/mol. The molecule has 4 bridgehead atoms. The maximum absolute atomic E-state index is 13.3. The van der Waals surface area contributed by atoms with Crippen LogP contribution >= 0.6 is 0 Å². The zero-order valence-corrected chi connectivity index (χ0v) is 18.5. The summed E-state index contributed by atoms with van der Waals surface area (Å²) in [7, 11) is 3.18.